The number of phosphoric ester groups is 1. The zero-order chi connectivity index (χ0) is 36.8. The summed E-state index contributed by atoms with van der Waals surface area (Å²) in [6, 6.07) is 0. The lowest BCUT2D eigenvalue weighted by Gasteiger charge is -2.20. The van der Waals surface area contributed by atoms with Crippen LogP contribution in [0.3, 0.4) is 0 Å². The second kappa shape index (κ2) is 37.4. The molecule has 50 heavy (non-hydrogen) atoms. The Balaban J connectivity index is 4.25. The van der Waals surface area contributed by atoms with Crippen molar-refractivity contribution in [2.45, 2.75) is 180 Å². The highest BCUT2D eigenvalue weighted by molar-refractivity contribution is 7.47. The Labute approximate surface area is 305 Å². The van der Waals surface area contributed by atoms with Crippen LogP contribution in [0.25, 0.3) is 0 Å². The van der Waals surface area contributed by atoms with Crippen molar-refractivity contribution in [1.29, 1.82) is 0 Å². The first kappa shape index (κ1) is 48.7. The van der Waals surface area contributed by atoms with Gasteiger partial charge in [0.1, 0.15) is 12.2 Å². The molecule has 0 saturated carbocycles. The number of hydrogen-bond donors (Lipinski definition) is 3. The molecule has 0 bridgehead atoms. The zero-order valence-electron chi connectivity index (χ0n) is 31.9. The standard InChI is InChI=1S/C40H75O9P/c1-3-5-7-9-11-13-15-17-19-21-23-25-27-29-31-33-46-36-39(37-48-50(44,45)47-35-38(42)34-41)49-40(43)32-30-28-26-24-22-20-18-16-14-12-10-8-6-4-2/h10,12,15-18,38-39,41-42H,3-9,11,13-14,19-37H2,1-2H3,(H,44,45)/b12-10-,17-15-,18-16-. The van der Waals surface area contributed by atoms with Gasteiger partial charge in [-0.1, -0.05) is 134 Å². The van der Waals surface area contributed by atoms with Crippen molar-refractivity contribution in [1.82, 2.24) is 0 Å². The van der Waals surface area contributed by atoms with Crippen molar-refractivity contribution in [2.75, 3.05) is 33.0 Å². The van der Waals surface area contributed by atoms with Gasteiger partial charge in [-0.15, -0.1) is 0 Å². The van der Waals surface area contributed by atoms with E-state index in [9.17, 15) is 19.4 Å². The average molecular weight is 731 g/mol. The topological polar surface area (TPSA) is 132 Å². The van der Waals surface area contributed by atoms with Crippen molar-refractivity contribution in [3.8, 4) is 0 Å². The SMILES string of the molecule is CCCC/C=C\C/C=C\CCCCCCCC(=O)OC(COCCCCCCCC/C=C\CCCCCCC)COP(=O)(O)OCC(O)CO. The molecule has 3 unspecified atom stereocenters. The number of esters is 1. The Morgan fingerprint density at radius 2 is 1.10 bits per heavy atom. The molecule has 0 aliphatic rings. The summed E-state index contributed by atoms with van der Waals surface area (Å²) in [5.41, 5.74) is 0. The third-order valence-corrected chi connectivity index (χ3v) is 9.25. The molecular weight excluding hydrogens is 655 g/mol. The first-order chi connectivity index (χ1) is 24.3. The van der Waals surface area contributed by atoms with Crippen LogP contribution in [-0.2, 0) is 27.9 Å². The van der Waals surface area contributed by atoms with Gasteiger partial charge in [0, 0.05) is 13.0 Å². The fourth-order valence-corrected chi connectivity index (χ4v) is 5.98. The molecule has 9 nitrogen and oxygen atoms in total. The molecule has 10 heteroatoms. The number of phosphoric acid groups is 1. The van der Waals surface area contributed by atoms with Crippen LogP contribution in [0, 0.1) is 0 Å². The summed E-state index contributed by atoms with van der Waals surface area (Å²) < 4.78 is 33.3. The maximum atomic E-state index is 12.6. The molecule has 0 aliphatic heterocycles. The summed E-state index contributed by atoms with van der Waals surface area (Å²) >= 11 is 0. The van der Waals surface area contributed by atoms with Crippen LogP contribution in [0.2, 0.25) is 0 Å². The number of carbonyl (C=O) groups is 1. The summed E-state index contributed by atoms with van der Waals surface area (Å²) in [4.78, 5) is 22.5. The first-order valence-corrected chi connectivity index (χ1v) is 21.5. The molecule has 0 aliphatic carbocycles. The minimum Gasteiger partial charge on any atom is -0.457 e. The van der Waals surface area contributed by atoms with Gasteiger partial charge in [0.15, 0.2) is 0 Å². The van der Waals surface area contributed by atoms with E-state index in [1.807, 2.05) is 0 Å². The normalized spacial score (nSPS) is 14.6. The zero-order valence-corrected chi connectivity index (χ0v) is 32.8. The fraction of sp³-hybridized carbons (Fsp3) is 0.825. The van der Waals surface area contributed by atoms with Crippen molar-refractivity contribution >= 4 is 13.8 Å². The second-order valence-electron chi connectivity index (χ2n) is 13.3. The van der Waals surface area contributed by atoms with Crippen LogP contribution < -0.4 is 0 Å². The first-order valence-electron chi connectivity index (χ1n) is 20.0. The molecule has 0 aromatic rings. The van der Waals surface area contributed by atoms with E-state index in [1.165, 1.54) is 70.6 Å². The molecule has 0 spiro atoms. The quantitative estimate of drug-likeness (QED) is 0.0246. The number of unbranched alkanes of at least 4 members (excludes halogenated alkanes) is 18. The van der Waals surface area contributed by atoms with Crippen molar-refractivity contribution < 1.29 is 43.0 Å². The van der Waals surface area contributed by atoms with Gasteiger partial charge in [-0.3, -0.25) is 13.8 Å². The highest BCUT2D eigenvalue weighted by atomic mass is 31.2. The maximum absolute atomic E-state index is 12.6. The van der Waals surface area contributed by atoms with E-state index < -0.39 is 39.2 Å². The van der Waals surface area contributed by atoms with Gasteiger partial charge in [0.25, 0.3) is 0 Å². The molecule has 294 valence electrons. The molecule has 0 amide bonds. The lowest BCUT2D eigenvalue weighted by Crippen LogP contribution is -2.29. The van der Waals surface area contributed by atoms with Crippen LogP contribution in [0.4, 0.5) is 0 Å². The Morgan fingerprint density at radius 3 is 1.68 bits per heavy atom. The molecule has 0 heterocycles. The average Bonchev–Trinajstić information content (AvgIpc) is 3.10. The predicted molar refractivity (Wildman–Crippen MR) is 205 cm³/mol. The summed E-state index contributed by atoms with van der Waals surface area (Å²) in [5.74, 6) is -0.400. The Kier molecular flexibility index (Phi) is 36.4. The lowest BCUT2D eigenvalue weighted by atomic mass is 10.1. The summed E-state index contributed by atoms with van der Waals surface area (Å²) in [6.45, 7) is 3.43. The predicted octanol–water partition coefficient (Wildman–Crippen LogP) is 10.5. The van der Waals surface area contributed by atoms with Crippen LogP contribution >= 0.6 is 7.82 Å². The van der Waals surface area contributed by atoms with Crippen LogP contribution in [-0.4, -0.2) is 66.3 Å². The largest absolute Gasteiger partial charge is 0.472 e. The smallest absolute Gasteiger partial charge is 0.457 e. The van der Waals surface area contributed by atoms with E-state index in [2.05, 4.69) is 50.3 Å². The number of aliphatic hydroxyl groups is 2. The number of ether oxygens (including phenoxy) is 2. The lowest BCUT2D eigenvalue weighted by molar-refractivity contribution is -0.154. The molecule has 0 saturated heterocycles. The van der Waals surface area contributed by atoms with Crippen molar-refractivity contribution in [2.24, 2.45) is 0 Å². The Morgan fingerprint density at radius 1 is 0.620 bits per heavy atom. The number of allylic oxidation sites excluding steroid dienone is 6. The molecule has 3 atom stereocenters. The molecule has 0 rings (SSSR count). The fourth-order valence-electron chi connectivity index (χ4n) is 5.19. The summed E-state index contributed by atoms with van der Waals surface area (Å²) in [6.07, 6.45) is 38.1. The summed E-state index contributed by atoms with van der Waals surface area (Å²) in [7, 11) is -4.52. The maximum Gasteiger partial charge on any atom is 0.472 e. The van der Waals surface area contributed by atoms with Gasteiger partial charge in [-0.05, 0) is 64.2 Å². The number of carbonyl (C=O) groups excluding carboxylic acids is 1. The summed E-state index contributed by atoms with van der Waals surface area (Å²) in [5, 5.41) is 18.3. The highest BCUT2D eigenvalue weighted by Gasteiger charge is 2.26. The van der Waals surface area contributed by atoms with E-state index >= 15 is 0 Å². The molecule has 0 radical (unpaired) electrons. The third-order valence-electron chi connectivity index (χ3n) is 8.30. The van der Waals surface area contributed by atoms with Gasteiger partial charge in [0.2, 0.25) is 0 Å². The molecule has 0 aromatic carbocycles. The monoisotopic (exact) mass is 731 g/mol. The Hall–Kier alpha value is -1.32. The van der Waals surface area contributed by atoms with E-state index in [0.717, 1.165) is 70.6 Å². The third kappa shape index (κ3) is 36.5. The van der Waals surface area contributed by atoms with E-state index in [1.54, 1.807) is 0 Å². The van der Waals surface area contributed by atoms with Crippen molar-refractivity contribution in [3.05, 3.63) is 36.5 Å². The van der Waals surface area contributed by atoms with Crippen LogP contribution in [0.15, 0.2) is 36.5 Å². The second-order valence-corrected chi connectivity index (χ2v) is 14.7. The van der Waals surface area contributed by atoms with E-state index in [-0.39, 0.29) is 19.6 Å². The molecule has 0 fully saturated rings. The van der Waals surface area contributed by atoms with Gasteiger partial charge < -0.3 is 24.6 Å². The number of aliphatic hydroxyl groups excluding tert-OH is 2. The van der Waals surface area contributed by atoms with Gasteiger partial charge >= 0.3 is 13.8 Å². The highest BCUT2D eigenvalue weighted by Crippen LogP contribution is 2.43. The van der Waals surface area contributed by atoms with Crippen molar-refractivity contribution in [3.63, 3.8) is 0 Å². The van der Waals surface area contributed by atoms with Crippen LogP contribution in [0.1, 0.15) is 168 Å². The van der Waals surface area contributed by atoms with E-state index in [4.69, 9.17) is 23.6 Å². The van der Waals surface area contributed by atoms with E-state index in [0.29, 0.717) is 13.0 Å². The number of rotatable bonds is 38. The Bertz CT molecular complexity index is 877. The minimum absolute atomic E-state index is 0.0397. The molecular formula is C40H75O9P. The number of hydrogen-bond acceptors (Lipinski definition) is 8. The van der Waals surface area contributed by atoms with Gasteiger partial charge in [-0.25, -0.2) is 4.57 Å². The molecule has 3 N–H and O–H groups in total. The van der Waals surface area contributed by atoms with Gasteiger partial charge in [-0.2, -0.15) is 0 Å². The minimum atomic E-state index is -4.52. The van der Waals surface area contributed by atoms with Gasteiger partial charge in [0.05, 0.1) is 26.4 Å². The molecule has 0 aromatic heterocycles. The van der Waals surface area contributed by atoms with Crippen LogP contribution in [0.5, 0.6) is 0 Å².